The molecule has 1 amide bonds. The molecule has 1 aliphatic carbocycles. The lowest BCUT2D eigenvalue weighted by Gasteiger charge is -2.33. The Balaban J connectivity index is 1.16. The topological polar surface area (TPSA) is 42.0 Å². The van der Waals surface area contributed by atoms with Gasteiger partial charge in [-0.25, -0.2) is 0 Å². The first-order valence-corrected chi connectivity index (χ1v) is 12.6. The third-order valence-electron chi connectivity index (χ3n) is 7.51. The number of rotatable bonds is 7. The molecule has 0 N–H and O–H groups in total. The van der Waals surface area contributed by atoms with E-state index in [0.29, 0.717) is 12.2 Å². The van der Waals surface area contributed by atoms with Crippen LogP contribution in [-0.4, -0.2) is 61.2 Å². The third kappa shape index (κ3) is 5.42. The number of amides is 1. The molecule has 5 rings (SSSR count). The molecule has 2 unspecified atom stereocenters. The zero-order valence-electron chi connectivity index (χ0n) is 19.8. The molecule has 0 radical (unpaired) electrons. The van der Waals surface area contributed by atoms with E-state index >= 15 is 0 Å². The average molecular weight is 449 g/mol. The van der Waals surface area contributed by atoms with E-state index < -0.39 is 0 Å². The summed E-state index contributed by atoms with van der Waals surface area (Å²) in [7, 11) is 1.95. The largest absolute Gasteiger partial charge is 0.491 e. The number of carbonyl (C=O) groups is 1. The van der Waals surface area contributed by atoms with Crippen molar-refractivity contribution >= 4 is 5.91 Å². The Kier molecular flexibility index (Phi) is 6.98. The predicted octanol–water partition coefficient (Wildman–Crippen LogP) is 4.47. The SMILES string of the molecule is CN(C(=O)c1ccc(OCC2CCCO2)cc1)C1CCc2cc(CN3CCCC3)ccc2C1. The highest BCUT2D eigenvalue weighted by Crippen LogP contribution is 2.27. The van der Waals surface area contributed by atoms with E-state index in [4.69, 9.17) is 9.47 Å². The second-order valence-corrected chi connectivity index (χ2v) is 9.87. The van der Waals surface area contributed by atoms with Crippen LogP contribution in [0.5, 0.6) is 5.75 Å². The third-order valence-corrected chi connectivity index (χ3v) is 7.51. The van der Waals surface area contributed by atoms with Gasteiger partial charge in [0.2, 0.25) is 0 Å². The summed E-state index contributed by atoms with van der Waals surface area (Å²) in [5, 5.41) is 0. The maximum Gasteiger partial charge on any atom is 0.253 e. The van der Waals surface area contributed by atoms with Gasteiger partial charge < -0.3 is 14.4 Å². The molecule has 2 aromatic rings. The first kappa shape index (κ1) is 22.4. The van der Waals surface area contributed by atoms with Gasteiger partial charge in [-0.05, 0) is 99.0 Å². The zero-order chi connectivity index (χ0) is 22.6. The van der Waals surface area contributed by atoms with Crippen LogP contribution in [0.4, 0.5) is 0 Å². The highest BCUT2D eigenvalue weighted by atomic mass is 16.5. The summed E-state index contributed by atoms with van der Waals surface area (Å²) in [5.41, 5.74) is 5.01. The monoisotopic (exact) mass is 448 g/mol. The molecule has 2 aliphatic heterocycles. The van der Waals surface area contributed by atoms with Crippen molar-refractivity contribution in [3.8, 4) is 5.75 Å². The van der Waals surface area contributed by atoms with E-state index in [2.05, 4.69) is 23.1 Å². The molecule has 0 aromatic heterocycles. The smallest absolute Gasteiger partial charge is 0.253 e. The number of fused-ring (bicyclic) bond motifs is 1. The van der Waals surface area contributed by atoms with Gasteiger partial charge in [-0.1, -0.05) is 18.2 Å². The Labute approximate surface area is 197 Å². The molecule has 5 heteroatoms. The Morgan fingerprint density at radius 3 is 2.64 bits per heavy atom. The number of carbonyl (C=O) groups excluding carboxylic acids is 1. The van der Waals surface area contributed by atoms with Crippen LogP contribution in [0.3, 0.4) is 0 Å². The first-order valence-electron chi connectivity index (χ1n) is 12.6. The van der Waals surface area contributed by atoms with Crippen LogP contribution >= 0.6 is 0 Å². The zero-order valence-corrected chi connectivity index (χ0v) is 19.8. The van der Waals surface area contributed by atoms with Crippen LogP contribution in [0.25, 0.3) is 0 Å². The fourth-order valence-corrected chi connectivity index (χ4v) is 5.45. The maximum absolute atomic E-state index is 13.1. The first-order chi connectivity index (χ1) is 16.2. The van der Waals surface area contributed by atoms with E-state index in [-0.39, 0.29) is 18.1 Å². The number of hydrogen-bond donors (Lipinski definition) is 0. The molecule has 2 aromatic carbocycles. The second kappa shape index (κ2) is 10.3. The Morgan fingerprint density at radius 2 is 1.88 bits per heavy atom. The van der Waals surface area contributed by atoms with E-state index in [9.17, 15) is 4.79 Å². The molecule has 0 bridgehead atoms. The minimum absolute atomic E-state index is 0.0831. The van der Waals surface area contributed by atoms with Crippen LogP contribution in [0.15, 0.2) is 42.5 Å². The van der Waals surface area contributed by atoms with E-state index in [1.807, 2.05) is 36.2 Å². The van der Waals surface area contributed by atoms with Crippen LogP contribution in [0.1, 0.15) is 59.2 Å². The summed E-state index contributed by atoms with van der Waals surface area (Å²) >= 11 is 0. The van der Waals surface area contributed by atoms with Crippen LogP contribution < -0.4 is 4.74 Å². The molecule has 176 valence electrons. The van der Waals surface area contributed by atoms with E-state index in [0.717, 1.165) is 51.0 Å². The molecule has 2 heterocycles. The van der Waals surface area contributed by atoms with Gasteiger partial charge in [-0.2, -0.15) is 0 Å². The molecular formula is C28H36N2O3. The molecule has 5 nitrogen and oxygen atoms in total. The van der Waals surface area contributed by atoms with Gasteiger partial charge in [0, 0.05) is 31.8 Å². The Hall–Kier alpha value is -2.37. The van der Waals surface area contributed by atoms with Crippen molar-refractivity contribution in [1.82, 2.24) is 9.80 Å². The Bertz CT molecular complexity index is 946. The standard InChI is InChI=1S/C28H36N2O3/c1-29(28(31)22-9-12-26(13-10-22)33-20-27-5-4-16-32-27)25-11-8-23-17-21(6-7-24(23)18-25)19-30-14-2-3-15-30/h6-7,9-10,12-13,17,25,27H,2-5,8,11,14-16,18-20H2,1H3. The summed E-state index contributed by atoms with van der Waals surface area (Å²) in [6.07, 6.45) is 8.03. The molecule has 3 aliphatic rings. The van der Waals surface area contributed by atoms with Gasteiger partial charge in [0.15, 0.2) is 0 Å². The van der Waals surface area contributed by atoms with Gasteiger partial charge in [-0.15, -0.1) is 0 Å². The van der Waals surface area contributed by atoms with Crippen molar-refractivity contribution in [3.05, 3.63) is 64.7 Å². The van der Waals surface area contributed by atoms with Gasteiger partial charge in [-0.3, -0.25) is 9.69 Å². The van der Waals surface area contributed by atoms with E-state index in [1.54, 1.807) is 0 Å². The fourth-order valence-electron chi connectivity index (χ4n) is 5.45. The molecule has 0 saturated carbocycles. The van der Waals surface area contributed by atoms with Crippen molar-refractivity contribution in [1.29, 1.82) is 0 Å². The summed E-state index contributed by atoms with van der Waals surface area (Å²) in [6.45, 7) is 4.94. The quantitative estimate of drug-likeness (QED) is 0.627. The number of aryl methyl sites for hydroxylation is 1. The summed E-state index contributed by atoms with van der Waals surface area (Å²) in [4.78, 5) is 17.6. The van der Waals surface area contributed by atoms with Crippen molar-refractivity contribution in [2.75, 3.05) is 33.4 Å². The average Bonchev–Trinajstić information content (AvgIpc) is 3.56. The van der Waals surface area contributed by atoms with Crippen molar-refractivity contribution < 1.29 is 14.3 Å². The summed E-state index contributed by atoms with van der Waals surface area (Å²) in [6, 6.07) is 14.8. The Morgan fingerprint density at radius 1 is 1.06 bits per heavy atom. The van der Waals surface area contributed by atoms with Crippen molar-refractivity contribution in [3.63, 3.8) is 0 Å². The predicted molar refractivity (Wildman–Crippen MR) is 130 cm³/mol. The van der Waals surface area contributed by atoms with Crippen LogP contribution in [-0.2, 0) is 24.1 Å². The van der Waals surface area contributed by atoms with Gasteiger partial charge >= 0.3 is 0 Å². The number of nitrogens with zero attached hydrogens (tertiary/aromatic N) is 2. The van der Waals surface area contributed by atoms with Gasteiger partial charge in [0.1, 0.15) is 12.4 Å². The number of likely N-dealkylation sites (N-methyl/N-ethyl adjacent to an activating group) is 1. The molecule has 0 spiro atoms. The van der Waals surface area contributed by atoms with Crippen molar-refractivity contribution in [2.24, 2.45) is 0 Å². The minimum Gasteiger partial charge on any atom is -0.491 e. The van der Waals surface area contributed by atoms with Gasteiger partial charge in [0.25, 0.3) is 5.91 Å². The van der Waals surface area contributed by atoms with Crippen LogP contribution in [0, 0.1) is 0 Å². The molecule has 2 atom stereocenters. The lowest BCUT2D eigenvalue weighted by atomic mass is 9.86. The number of hydrogen-bond acceptors (Lipinski definition) is 4. The maximum atomic E-state index is 13.1. The number of ether oxygens (including phenoxy) is 2. The lowest BCUT2D eigenvalue weighted by Crippen LogP contribution is -2.40. The normalized spacial score (nSPS) is 22.8. The molecule has 33 heavy (non-hydrogen) atoms. The fraction of sp³-hybridized carbons (Fsp3) is 0.536. The second-order valence-electron chi connectivity index (χ2n) is 9.87. The lowest BCUT2D eigenvalue weighted by molar-refractivity contribution is 0.0677. The highest BCUT2D eigenvalue weighted by molar-refractivity contribution is 5.94. The number of likely N-dealkylation sites (tertiary alicyclic amines) is 1. The number of benzene rings is 2. The van der Waals surface area contributed by atoms with Crippen LogP contribution in [0.2, 0.25) is 0 Å². The van der Waals surface area contributed by atoms with Gasteiger partial charge in [0.05, 0.1) is 6.10 Å². The molecular weight excluding hydrogens is 412 g/mol. The van der Waals surface area contributed by atoms with Crippen molar-refractivity contribution in [2.45, 2.75) is 63.6 Å². The minimum atomic E-state index is 0.0831. The summed E-state index contributed by atoms with van der Waals surface area (Å²) in [5.74, 6) is 0.876. The summed E-state index contributed by atoms with van der Waals surface area (Å²) < 4.78 is 11.4. The molecule has 2 fully saturated rings. The highest BCUT2D eigenvalue weighted by Gasteiger charge is 2.26. The van der Waals surface area contributed by atoms with E-state index in [1.165, 1.54) is 42.6 Å². The molecule has 2 saturated heterocycles.